The first-order valence-corrected chi connectivity index (χ1v) is 9.31. The Balaban J connectivity index is 1.59. The first-order valence-electron chi connectivity index (χ1n) is 8.50. The van der Waals surface area contributed by atoms with E-state index < -0.39 is 0 Å². The minimum Gasteiger partial charge on any atom is -0.384 e. The summed E-state index contributed by atoms with van der Waals surface area (Å²) in [5, 5.41) is 8.78. The van der Waals surface area contributed by atoms with Crippen LogP contribution in [0, 0.1) is 11.8 Å². The van der Waals surface area contributed by atoms with Crippen molar-refractivity contribution in [1.29, 1.82) is 0 Å². The largest absolute Gasteiger partial charge is 0.384 e. The van der Waals surface area contributed by atoms with Gasteiger partial charge in [0.25, 0.3) is 0 Å². The van der Waals surface area contributed by atoms with Gasteiger partial charge in [-0.15, -0.1) is 11.3 Å². The van der Waals surface area contributed by atoms with Crippen LogP contribution in [0.1, 0.15) is 41.9 Å². The van der Waals surface area contributed by atoms with Crippen molar-refractivity contribution in [2.45, 2.75) is 44.7 Å². The highest BCUT2D eigenvalue weighted by atomic mass is 32.1. The maximum atomic E-state index is 8.78. The van der Waals surface area contributed by atoms with Crippen molar-refractivity contribution >= 4 is 11.3 Å². The number of aliphatic hydroxyl groups excluding tert-OH is 1. The highest BCUT2D eigenvalue weighted by Crippen LogP contribution is 2.24. The monoisotopic (exact) mass is 318 g/mol. The molecule has 0 saturated carbocycles. The molecule has 22 heavy (non-hydrogen) atoms. The van der Waals surface area contributed by atoms with E-state index >= 15 is 0 Å². The van der Waals surface area contributed by atoms with Gasteiger partial charge in [-0.05, 0) is 57.5 Å². The fourth-order valence-corrected chi connectivity index (χ4v) is 4.50. The molecule has 4 heteroatoms. The zero-order valence-electron chi connectivity index (χ0n) is 13.3. The number of piperidine rings is 1. The van der Waals surface area contributed by atoms with E-state index in [1.165, 1.54) is 63.2 Å². The molecule has 2 aliphatic rings. The van der Waals surface area contributed by atoms with Crippen molar-refractivity contribution in [1.82, 2.24) is 9.80 Å². The van der Waals surface area contributed by atoms with Gasteiger partial charge in [-0.25, -0.2) is 0 Å². The summed E-state index contributed by atoms with van der Waals surface area (Å²) in [7, 11) is 0. The first-order chi connectivity index (χ1) is 10.8. The van der Waals surface area contributed by atoms with Crippen LogP contribution in [-0.2, 0) is 6.54 Å². The molecular weight excluding hydrogens is 292 g/mol. The summed E-state index contributed by atoms with van der Waals surface area (Å²) < 4.78 is 0. The average molecular weight is 318 g/mol. The van der Waals surface area contributed by atoms with Crippen LogP contribution in [0.3, 0.4) is 0 Å². The van der Waals surface area contributed by atoms with Crippen molar-refractivity contribution < 1.29 is 5.11 Å². The highest BCUT2D eigenvalue weighted by Gasteiger charge is 2.25. The van der Waals surface area contributed by atoms with E-state index in [9.17, 15) is 0 Å². The van der Waals surface area contributed by atoms with Crippen molar-refractivity contribution in [3.05, 3.63) is 21.9 Å². The Kier molecular flexibility index (Phi) is 5.91. The third kappa shape index (κ3) is 4.33. The number of hydrogen-bond acceptors (Lipinski definition) is 4. The van der Waals surface area contributed by atoms with Crippen LogP contribution in [0.5, 0.6) is 0 Å². The predicted molar refractivity (Wildman–Crippen MR) is 92.0 cm³/mol. The first kappa shape index (κ1) is 16.0. The molecule has 0 aromatic carbocycles. The second-order valence-corrected chi connectivity index (χ2v) is 7.52. The number of nitrogens with zero attached hydrogens (tertiary/aromatic N) is 2. The van der Waals surface area contributed by atoms with Gasteiger partial charge >= 0.3 is 0 Å². The number of thiophene rings is 1. The molecule has 2 saturated heterocycles. The fraction of sp³-hybridized carbons (Fsp3) is 0.667. The van der Waals surface area contributed by atoms with E-state index in [1.54, 1.807) is 11.3 Å². The van der Waals surface area contributed by atoms with Crippen LogP contribution in [-0.4, -0.2) is 53.7 Å². The van der Waals surface area contributed by atoms with Gasteiger partial charge in [0.05, 0.1) is 4.88 Å². The molecule has 2 aliphatic heterocycles. The standard InChI is InChI=1S/C18H26N2OS/c21-13-5-7-17-8-9-18(22-17)15-20-12-2-1-6-16(20)14-19-10-3-4-11-19/h8-9,16,21H,1-4,6,10-15H2/t16-/m0/s1. The lowest BCUT2D eigenvalue weighted by atomic mass is 10.0. The Morgan fingerprint density at radius 2 is 1.95 bits per heavy atom. The van der Waals surface area contributed by atoms with Crippen LogP contribution in [0.15, 0.2) is 12.1 Å². The quantitative estimate of drug-likeness (QED) is 0.864. The normalized spacial score (nSPS) is 23.4. The van der Waals surface area contributed by atoms with Gasteiger partial charge in [0, 0.05) is 24.0 Å². The molecule has 1 atom stereocenters. The van der Waals surface area contributed by atoms with Gasteiger partial charge in [-0.3, -0.25) is 4.90 Å². The zero-order chi connectivity index (χ0) is 15.2. The number of rotatable bonds is 4. The van der Waals surface area contributed by atoms with E-state index in [0.717, 1.165) is 17.5 Å². The van der Waals surface area contributed by atoms with Gasteiger partial charge in [-0.2, -0.15) is 0 Å². The van der Waals surface area contributed by atoms with E-state index in [0.29, 0.717) is 0 Å². The van der Waals surface area contributed by atoms with Crippen molar-refractivity contribution in [2.75, 3.05) is 32.8 Å². The van der Waals surface area contributed by atoms with Gasteiger partial charge in [0.15, 0.2) is 0 Å². The molecule has 2 fully saturated rings. The molecule has 0 amide bonds. The predicted octanol–water partition coefficient (Wildman–Crippen LogP) is 2.54. The lowest BCUT2D eigenvalue weighted by Gasteiger charge is -2.37. The molecule has 0 aliphatic carbocycles. The van der Waals surface area contributed by atoms with Crippen molar-refractivity contribution in [2.24, 2.45) is 0 Å². The van der Waals surface area contributed by atoms with Crippen LogP contribution >= 0.6 is 11.3 Å². The molecule has 1 N–H and O–H groups in total. The molecule has 3 rings (SSSR count). The average Bonchev–Trinajstić information content (AvgIpc) is 3.19. The summed E-state index contributed by atoms with van der Waals surface area (Å²) in [6, 6.07) is 5.01. The molecule has 3 heterocycles. The van der Waals surface area contributed by atoms with Gasteiger partial charge in [0.1, 0.15) is 6.61 Å². The van der Waals surface area contributed by atoms with Gasteiger partial charge in [-0.1, -0.05) is 18.3 Å². The third-order valence-corrected chi connectivity index (χ3v) is 5.71. The lowest BCUT2D eigenvalue weighted by Crippen LogP contribution is -2.45. The SMILES string of the molecule is OCC#Cc1ccc(CN2CCCC[C@H]2CN2CCCC2)s1. The van der Waals surface area contributed by atoms with Crippen LogP contribution < -0.4 is 0 Å². The Morgan fingerprint density at radius 3 is 2.77 bits per heavy atom. The Bertz CT molecular complexity index is 525. The van der Waals surface area contributed by atoms with E-state index in [1.807, 2.05) is 0 Å². The fourth-order valence-electron chi connectivity index (χ4n) is 3.60. The molecular formula is C18H26N2OS. The molecule has 0 bridgehead atoms. The summed E-state index contributed by atoms with van der Waals surface area (Å²) in [6.07, 6.45) is 6.82. The van der Waals surface area contributed by atoms with Crippen molar-refractivity contribution in [3.8, 4) is 11.8 Å². The third-order valence-electron chi connectivity index (χ3n) is 4.73. The van der Waals surface area contributed by atoms with Gasteiger partial charge in [0.2, 0.25) is 0 Å². The summed E-state index contributed by atoms with van der Waals surface area (Å²) in [5.74, 6) is 5.75. The molecule has 0 radical (unpaired) electrons. The molecule has 1 aromatic heterocycles. The summed E-state index contributed by atoms with van der Waals surface area (Å²) >= 11 is 1.77. The molecule has 1 aromatic rings. The topological polar surface area (TPSA) is 26.7 Å². The zero-order valence-corrected chi connectivity index (χ0v) is 14.1. The van der Waals surface area contributed by atoms with Crippen LogP contribution in [0.4, 0.5) is 0 Å². The minimum atomic E-state index is -0.0583. The van der Waals surface area contributed by atoms with Crippen LogP contribution in [0.25, 0.3) is 0 Å². The molecule has 120 valence electrons. The Labute approximate surface area is 137 Å². The molecule has 3 nitrogen and oxygen atoms in total. The maximum Gasteiger partial charge on any atom is 0.104 e. The number of hydrogen-bond donors (Lipinski definition) is 1. The van der Waals surface area contributed by atoms with E-state index in [4.69, 9.17) is 5.11 Å². The number of aliphatic hydroxyl groups is 1. The van der Waals surface area contributed by atoms with Crippen molar-refractivity contribution in [3.63, 3.8) is 0 Å². The Morgan fingerprint density at radius 1 is 1.14 bits per heavy atom. The van der Waals surface area contributed by atoms with E-state index in [2.05, 4.69) is 33.8 Å². The second-order valence-electron chi connectivity index (χ2n) is 6.35. The lowest BCUT2D eigenvalue weighted by molar-refractivity contribution is 0.107. The maximum absolute atomic E-state index is 8.78. The second kappa shape index (κ2) is 8.12. The summed E-state index contributed by atoms with van der Waals surface area (Å²) in [4.78, 5) is 7.79. The highest BCUT2D eigenvalue weighted by molar-refractivity contribution is 7.12. The minimum absolute atomic E-state index is 0.0583. The number of likely N-dealkylation sites (tertiary alicyclic amines) is 2. The van der Waals surface area contributed by atoms with Crippen LogP contribution in [0.2, 0.25) is 0 Å². The summed E-state index contributed by atoms with van der Waals surface area (Å²) in [5.41, 5.74) is 0. The summed E-state index contributed by atoms with van der Waals surface area (Å²) in [6.45, 7) is 6.08. The smallest absolute Gasteiger partial charge is 0.104 e. The van der Waals surface area contributed by atoms with Gasteiger partial charge < -0.3 is 10.0 Å². The Hall–Kier alpha value is -0.860. The molecule has 0 spiro atoms. The molecule has 0 unspecified atom stereocenters. The van der Waals surface area contributed by atoms with E-state index in [-0.39, 0.29) is 6.61 Å².